The second-order valence-electron chi connectivity index (χ2n) is 5.62. The molecule has 1 aliphatic heterocycles. The van der Waals surface area contributed by atoms with E-state index in [1.807, 2.05) is 18.2 Å². The minimum absolute atomic E-state index is 0.338. The lowest BCUT2D eigenvalue weighted by molar-refractivity contribution is 0.202. The Kier molecular flexibility index (Phi) is 4.10. The van der Waals surface area contributed by atoms with Crippen LogP contribution in [0, 0.1) is 0 Å². The van der Waals surface area contributed by atoms with Gasteiger partial charge >= 0.3 is 0 Å². The van der Waals surface area contributed by atoms with E-state index < -0.39 is 0 Å². The van der Waals surface area contributed by atoms with E-state index >= 15 is 0 Å². The van der Waals surface area contributed by atoms with Crippen LogP contribution in [0.2, 0.25) is 0 Å². The lowest BCUT2D eigenvalue weighted by Gasteiger charge is -2.28. The Morgan fingerprint density at radius 3 is 2.76 bits per heavy atom. The number of anilines is 2. The highest BCUT2D eigenvalue weighted by Gasteiger charge is 2.31. The average Bonchev–Trinajstić information content (AvgIpc) is 2.98. The van der Waals surface area contributed by atoms with E-state index in [0.29, 0.717) is 12.1 Å². The van der Waals surface area contributed by atoms with Gasteiger partial charge in [-0.05, 0) is 45.4 Å². The van der Waals surface area contributed by atoms with Crippen LogP contribution >= 0.6 is 0 Å². The molecule has 5 nitrogen and oxygen atoms in total. The third-order valence-electron chi connectivity index (χ3n) is 3.91. The molecule has 0 spiro atoms. The number of likely N-dealkylation sites (tertiary alicyclic amines) is 1. The summed E-state index contributed by atoms with van der Waals surface area (Å²) in [5.41, 5.74) is 1.02. The van der Waals surface area contributed by atoms with Crippen molar-refractivity contribution >= 4 is 11.6 Å². The van der Waals surface area contributed by atoms with Crippen LogP contribution in [0.15, 0.2) is 36.8 Å². The Bertz CT molecular complexity index is 584. The molecule has 1 aliphatic rings. The van der Waals surface area contributed by atoms with Crippen molar-refractivity contribution in [2.75, 3.05) is 11.9 Å². The molecule has 21 heavy (non-hydrogen) atoms. The van der Waals surface area contributed by atoms with E-state index in [9.17, 15) is 0 Å². The van der Waals surface area contributed by atoms with Crippen molar-refractivity contribution in [2.24, 2.45) is 0 Å². The summed E-state index contributed by atoms with van der Waals surface area (Å²) < 4.78 is 0. The van der Waals surface area contributed by atoms with E-state index in [4.69, 9.17) is 0 Å². The van der Waals surface area contributed by atoms with Crippen LogP contribution in [0.1, 0.15) is 38.4 Å². The van der Waals surface area contributed by atoms with Crippen molar-refractivity contribution < 1.29 is 0 Å². The molecule has 5 heteroatoms. The van der Waals surface area contributed by atoms with Gasteiger partial charge < -0.3 is 5.32 Å². The molecule has 0 unspecified atom stereocenters. The number of aromatic nitrogens is 3. The standard InChI is InChI=1S/C16H21N5/c1-12(2)21-11-5-6-13(21)15-16(19-10-9-18-15)20-14-7-3-4-8-17-14/h3-4,7-10,12-13H,5-6,11H2,1-2H3,(H,17,19,20)/t13-/m0/s1. The van der Waals surface area contributed by atoms with Crippen LogP contribution in [0.25, 0.3) is 0 Å². The average molecular weight is 283 g/mol. The van der Waals surface area contributed by atoms with Gasteiger partial charge in [0, 0.05) is 24.6 Å². The van der Waals surface area contributed by atoms with Crippen LogP contribution in [-0.2, 0) is 0 Å². The van der Waals surface area contributed by atoms with E-state index in [1.54, 1.807) is 18.6 Å². The fraction of sp³-hybridized carbons (Fsp3) is 0.438. The van der Waals surface area contributed by atoms with Gasteiger partial charge in [-0.25, -0.2) is 9.97 Å². The molecule has 110 valence electrons. The van der Waals surface area contributed by atoms with Crippen LogP contribution in [0.4, 0.5) is 11.6 Å². The van der Waals surface area contributed by atoms with Crippen LogP contribution in [-0.4, -0.2) is 32.4 Å². The van der Waals surface area contributed by atoms with E-state index in [0.717, 1.165) is 30.3 Å². The number of rotatable bonds is 4. The number of nitrogens with zero attached hydrogens (tertiary/aromatic N) is 4. The fourth-order valence-corrected chi connectivity index (χ4v) is 2.95. The summed E-state index contributed by atoms with van der Waals surface area (Å²) in [6.07, 6.45) is 7.61. The first kappa shape index (κ1) is 13.9. The molecule has 0 saturated carbocycles. The summed E-state index contributed by atoms with van der Waals surface area (Å²) in [6.45, 7) is 5.60. The van der Waals surface area contributed by atoms with Gasteiger partial charge in [-0.3, -0.25) is 9.88 Å². The summed E-state index contributed by atoms with van der Waals surface area (Å²) in [7, 11) is 0. The Balaban J connectivity index is 1.89. The summed E-state index contributed by atoms with van der Waals surface area (Å²) >= 11 is 0. The Morgan fingerprint density at radius 1 is 1.14 bits per heavy atom. The molecule has 0 aliphatic carbocycles. The zero-order valence-electron chi connectivity index (χ0n) is 12.5. The molecule has 1 fully saturated rings. The Morgan fingerprint density at radius 2 is 2.00 bits per heavy atom. The second kappa shape index (κ2) is 6.18. The van der Waals surface area contributed by atoms with Gasteiger partial charge in [-0.2, -0.15) is 0 Å². The maximum Gasteiger partial charge on any atom is 0.154 e. The van der Waals surface area contributed by atoms with E-state index in [2.05, 4.69) is 39.0 Å². The zero-order valence-corrected chi connectivity index (χ0v) is 12.5. The molecular weight excluding hydrogens is 262 g/mol. The van der Waals surface area contributed by atoms with E-state index in [-0.39, 0.29) is 0 Å². The molecule has 3 rings (SSSR count). The van der Waals surface area contributed by atoms with Gasteiger partial charge in [-0.15, -0.1) is 0 Å². The normalized spacial score (nSPS) is 19.1. The number of hydrogen-bond donors (Lipinski definition) is 1. The smallest absolute Gasteiger partial charge is 0.154 e. The highest BCUT2D eigenvalue weighted by atomic mass is 15.2. The lowest BCUT2D eigenvalue weighted by atomic mass is 10.1. The van der Waals surface area contributed by atoms with Gasteiger partial charge in [0.1, 0.15) is 11.5 Å². The van der Waals surface area contributed by atoms with Crippen molar-refractivity contribution in [3.05, 3.63) is 42.5 Å². The molecular formula is C16H21N5. The molecule has 3 heterocycles. The predicted molar refractivity (Wildman–Crippen MR) is 83.4 cm³/mol. The van der Waals surface area contributed by atoms with Gasteiger partial charge in [0.2, 0.25) is 0 Å². The van der Waals surface area contributed by atoms with Gasteiger partial charge in [0.25, 0.3) is 0 Å². The first-order chi connectivity index (χ1) is 10.3. The Hall–Kier alpha value is -2.01. The SMILES string of the molecule is CC(C)N1CCC[C@H]1c1nccnc1Nc1ccccn1. The fourth-order valence-electron chi connectivity index (χ4n) is 2.95. The van der Waals surface area contributed by atoms with Crippen molar-refractivity contribution in [2.45, 2.75) is 38.8 Å². The molecule has 0 aromatic carbocycles. The molecule has 1 atom stereocenters. The minimum atomic E-state index is 0.338. The first-order valence-electron chi connectivity index (χ1n) is 7.50. The molecule has 0 amide bonds. The minimum Gasteiger partial charge on any atom is -0.323 e. The number of pyridine rings is 1. The predicted octanol–water partition coefficient (Wildman–Crippen LogP) is 3.16. The molecule has 2 aromatic rings. The van der Waals surface area contributed by atoms with Crippen LogP contribution in [0.5, 0.6) is 0 Å². The second-order valence-corrected chi connectivity index (χ2v) is 5.62. The molecule has 2 aromatic heterocycles. The maximum atomic E-state index is 4.60. The summed E-state index contributed by atoms with van der Waals surface area (Å²) in [5, 5.41) is 3.30. The molecule has 1 saturated heterocycles. The van der Waals surface area contributed by atoms with Crippen molar-refractivity contribution in [3.63, 3.8) is 0 Å². The van der Waals surface area contributed by atoms with Gasteiger partial charge in [-0.1, -0.05) is 6.07 Å². The topological polar surface area (TPSA) is 53.9 Å². The quantitative estimate of drug-likeness (QED) is 0.934. The highest BCUT2D eigenvalue weighted by Crippen LogP contribution is 2.35. The summed E-state index contributed by atoms with van der Waals surface area (Å²) in [5.74, 6) is 1.61. The molecule has 0 bridgehead atoms. The van der Waals surface area contributed by atoms with Crippen LogP contribution in [0.3, 0.4) is 0 Å². The van der Waals surface area contributed by atoms with E-state index in [1.165, 1.54) is 6.42 Å². The number of nitrogens with one attached hydrogen (secondary N) is 1. The lowest BCUT2D eigenvalue weighted by Crippen LogP contribution is -2.31. The highest BCUT2D eigenvalue weighted by molar-refractivity contribution is 5.54. The Labute approximate surface area is 125 Å². The van der Waals surface area contributed by atoms with Crippen molar-refractivity contribution in [1.29, 1.82) is 0 Å². The van der Waals surface area contributed by atoms with Crippen molar-refractivity contribution in [1.82, 2.24) is 19.9 Å². The monoisotopic (exact) mass is 283 g/mol. The third kappa shape index (κ3) is 3.03. The van der Waals surface area contributed by atoms with Crippen molar-refractivity contribution in [3.8, 4) is 0 Å². The molecule has 0 radical (unpaired) electrons. The number of hydrogen-bond acceptors (Lipinski definition) is 5. The largest absolute Gasteiger partial charge is 0.323 e. The third-order valence-corrected chi connectivity index (χ3v) is 3.91. The maximum absolute atomic E-state index is 4.60. The van der Waals surface area contributed by atoms with Crippen LogP contribution < -0.4 is 5.32 Å². The van der Waals surface area contributed by atoms with Gasteiger partial charge in [0.05, 0.1) is 6.04 Å². The molecule has 1 N–H and O–H groups in total. The van der Waals surface area contributed by atoms with Gasteiger partial charge in [0.15, 0.2) is 5.82 Å². The first-order valence-corrected chi connectivity index (χ1v) is 7.50. The summed E-state index contributed by atoms with van der Waals surface area (Å²) in [4.78, 5) is 15.9. The summed E-state index contributed by atoms with van der Waals surface area (Å²) in [6, 6.07) is 6.65. The zero-order chi connectivity index (χ0) is 14.7.